The van der Waals surface area contributed by atoms with E-state index in [1.807, 2.05) is 0 Å². The lowest BCUT2D eigenvalue weighted by Gasteiger charge is -2.24. The topological polar surface area (TPSA) is 46.3 Å². The highest BCUT2D eigenvalue weighted by Crippen LogP contribution is 2.32. The van der Waals surface area contributed by atoms with Crippen LogP contribution in [0.3, 0.4) is 0 Å². The van der Waals surface area contributed by atoms with Crippen LogP contribution in [0, 0.1) is 11.7 Å². The summed E-state index contributed by atoms with van der Waals surface area (Å²) in [6.45, 7) is 0.512. The minimum atomic E-state index is -0.589. The Morgan fingerprint density at radius 2 is 2.11 bits per heavy atom. The summed E-state index contributed by atoms with van der Waals surface area (Å²) in [5, 5.41) is -0.0469. The molecule has 0 aliphatic heterocycles. The summed E-state index contributed by atoms with van der Waals surface area (Å²) in [5.74, 6) is -0.108. The molecular weight excluding hydrogens is 255 g/mol. The lowest BCUT2D eigenvalue weighted by atomic mass is 10.1. The number of halogens is 2. The van der Waals surface area contributed by atoms with Crippen LogP contribution >= 0.6 is 11.6 Å². The van der Waals surface area contributed by atoms with Crippen LogP contribution in [-0.2, 0) is 0 Å². The zero-order valence-corrected chi connectivity index (χ0v) is 10.8. The number of hydrogen-bond donors (Lipinski definition) is 1. The number of anilines is 1. The number of carbonyl (C=O) groups is 1. The van der Waals surface area contributed by atoms with E-state index in [1.165, 1.54) is 29.9 Å². The molecule has 1 aliphatic carbocycles. The fraction of sp³-hybridized carbons (Fsp3) is 0.462. The van der Waals surface area contributed by atoms with Crippen LogP contribution in [0.5, 0.6) is 0 Å². The molecule has 0 bridgehead atoms. The number of nitrogens with zero attached hydrogens (tertiary/aromatic N) is 1. The third-order valence-corrected chi connectivity index (χ3v) is 3.78. The third-order valence-electron chi connectivity index (χ3n) is 3.40. The molecule has 2 N–H and O–H groups in total. The van der Waals surface area contributed by atoms with E-state index >= 15 is 0 Å². The first-order valence-electron chi connectivity index (χ1n) is 6.10. The number of primary amides is 1. The summed E-state index contributed by atoms with van der Waals surface area (Å²) in [5.41, 5.74) is 5.73. The third kappa shape index (κ3) is 2.75. The van der Waals surface area contributed by atoms with Crippen molar-refractivity contribution in [2.75, 3.05) is 11.4 Å². The predicted molar refractivity (Wildman–Crippen MR) is 70.3 cm³/mol. The molecule has 18 heavy (non-hydrogen) atoms. The molecule has 0 unspecified atom stereocenters. The van der Waals surface area contributed by atoms with Gasteiger partial charge in [0.1, 0.15) is 10.8 Å². The highest BCUT2D eigenvalue weighted by molar-refractivity contribution is 6.33. The van der Waals surface area contributed by atoms with Gasteiger partial charge >= 0.3 is 6.03 Å². The Hall–Kier alpha value is -1.29. The van der Waals surface area contributed by atoms with Crippen molar-refractivity contribution in [3.8, 4) is 0 Å². The predicted octanol–water partition coefficient (Wildman–Crippen LogP) is 3.55. The summed E-state index contributed by atoms with van der Waals surface area (Å²) < 4.78 is 13.4. The number of amides is 2. The molecule has 3 nitrogen and oxygen atoms in total. The Balaban J connectivity index is 2.23. The molecular formula is C13H16ClFN2O. The fourth-order valence-electron chi connectivity index (χ4n) is 2.46. The first-order valence-corrected chi connectivity index (χ1v) is 6.48. The van der Waals surface area contributed by atoms with Crippen LogP contribution in [-0.4, -0.2) is 12.6 Å². The second-order valence-corrected chi connectivity index (χ2v) is 5.05. The molecule has 98 valence electrons. The molecule has 1 aliphatic rings. The van der Waals surface area contributed by atoms with Gasteiger partial charge < -0.3 is 5.73 Å². The zero-order valence-electron chi connectivity index (χ0n) is 10.0. The molecule has 0 radical (unpaired) electrons. The first-order chi connectivity index (χ1) is 8.59. The monoisotopic (exact) mass is 270 g/mol. The van der Waals surface area contributed by atoms with Gasteiger partial charge in [-0.2, -0.15) is 0 Å². The molecule has 1 aromatic rings. The van der Waals surface area contributed by atoms with Gasteiger partial charge in [0.05, 0.1) is 5.69 Å². The van der Waals surface area contributed by atoms with E-state index in [-0.39, 0.29) is 5.02 Å². The van der Waals surface area contributed by atoms with E-state index in [1.54, 1.807) is 6.07 Å². The van der Waals surface area contributed by atoms with Gasteiger partial charge in [-0.1, -0.05) is 30.5 Å². The number of rotatable bonds is 3. The zero-order chi connectivity index (χ0) is 13.1. The molecule has 1 aromatic carbocycles. The van der Waals surface area contributed by atoms with Gasteiger partial charge in [0.2, 0.25) is 0 Å². The quantitative estimate of drug-likeness (QED) is 0.897. The van der Waals surface area contributed by atoms with Crippen LogP contribution in [0.2, 0.25) is 5.02 Å². The van der Waals surface area contributed by atoms with E-state index in [0.717, 1.165) is 12.8 Å². The maximum absolute atomic E-state index is 13.4. The number of carbonyl (C=O) groups excluding carboxylic acids is 1. The lowest BCUT2D eigenvalue weighted by molar-refractivity contribution is 0.252. The van der Waals surface area contributed by atoms with Crippen LogP contribution in [0.4, 0.5) is 14.9 Å². The molecule has 0 atom stereocenters. The molecule has 2 amide bonds. The molecule has 2 rings (SSSR count). The Bertz CT molecular complexity index is 447. The van der Waals surface area contributed by atoms with Gasteiger partial charge in [-0.25, -0.2) is 9.18 Å². The molecule has 1 saturated carbocycles. The highest BCUT2D eigenvalue weighted by atomic mass is 35.5. The van der Waals surface area contributed by atoms with Gasteiger partial charge in [0.15, 0.2) is 0 Å². The maximum atomic E-state index is 13.4. The highest BCUT2D eigenvalue weighted by Gasteiger charge is 2.23. The van der Waals surface area contributed by atoms with Crippen LogP contribution in [0.1, 0.15) is 25.7 Å². The van der Waals surface area contributed by atoms with Gasteiger partial charge in [0, 0.05) is 6.54 Å². The van der Waals surface area contributed by atoms with Crippen molar-refractivity contribution in [2.45, 2.75) is 25.7 Å². The Kier molecular flexibility index (Phi) is 4.07. The van der Waals surface area contributed by atoms with Crippen molar-refractivity contribution in [1.82, 2.24) is 0 Å². The standard InChI is InChI=1S/C13H16ClFN2O/c14-12-10(15)6-3-7-11(12)17(13(16)18)8-9-4-1-2-5-9/h3,6-7,9H,1-2,4-5,8H2,(H2,16,18). The van der Waals surface area contributed by atoms with Gasteiger partial charge in [-0.05, 0) is 30.9 Å². The summed E-state index contributed by atoms with van der Waals surface area (Å²) in [6.07, 6.45) is 4.51. The summed E-state index contributed by atoms with van der Waals surface area (Å²) in [7, 11) is 0. The van der Waals surface area contributed by atoms with Gasteiger partial charge in [0.25, 0.3) is 0 Å². The van der Waals surface area contributed by atoms with Crippen LogP contribution in [0.25, 0.3) is 0 Å². The van der Waals surface area contributed by atoms with E-state index < -0.39 is 11.8 Å². The van der Waals surface area contributed by atoms with Gasteiger partial charge in [-0.15, -0.1) is 0 Å². The smallest absolute Gasteiger partial charge is 0.319 e. The number of hydrogen-bond acceptors (Lipinski definition) is 1. The SMILES string of the molecule is NC(=O)N(CC1CCCC1)c1cccc(F)c1Cl. The van der Waals surface area contributed by atoms with E-state index in [9.17, 15) is 9.18 Å². The molecule has 0 heterocycles. The summed E-state index contributed by atoms with van der Waals surface area (Å²) in [4.78, 5) is 12.9. The summed E-state index contributed by atoms with van der Waals surface area (Å²) >= 11 is 5.89. The van der Waals surface area contributed by atoms with Crippen molar-refractivity contribution in [2.24, 2.45) is 11.7 Å². The molecule has 0 saturated heterocycles. The van der Waals surface area contributed by atoms with Crippen molar-refractivity contribution in [3.05, 3.63) is 29.0 Å². The molecule has 0 aromatic heterocycles. The molecule has 0 spiro atoms. The molecule has 5 heteroatoms. The normalized spacial score (nSPS) is 15.9. The van der Waals surface area contributed by atoms with Crippen molar-refractivity contribution >= 4 is 23.3 Å². The Labute approximate surface area is 111 Å². The van der Waals surface area contributed by atoms with Crippen molar-refractivity contribution in [1.29, 1.82) is 0 Å². The van der Waals surface area contributed by atoms with Crippen molar-refractivity contribution < 1.29 is 9.18 Å². The second-order valence-electron chi connectivity index (χ2n) is 4.67. The van der Waals surface area contributed by atoms with E-state index in [2.05, 4.69) is 0 Å². The largest absolute Gasteiger partial charge is 0.351 e. The van der Waals surface area contributed by atoms with Crippen molar-refractivity contribution in [3.63, 3.8) is 0 Å². The van der Waals surface area contributed by atoms with Gasteiger partial charge in [-0.3, -0.25) is 4.90 Å². The van der Waals surface area contributed by atoms with E-state index in [4.69, 9.17) is 17.3 Å². The second kappa shape index (κ2) is 5.57. The van der Waals surface area contributed by atoms with Crippen LogP contribution in [0.15, 0.2) is 18.2 Å². The minimum Gasteiger partial charge on any atom is -0.351 e. The van der Waals surface area contributed by atoms with E-state index in [0.29, 0.717) is 18.2 Å². The first kappa shape index (κ1) is 13.1. The summed E-state index contributed by atoms with van der Waals surface area (Å²) in [6, 6.07) is 3.82. The average Bonchev–Trinajstić information content (AvgIpc) is 2.83. The minimum absolute atomic E-state index is 0.0469. The maximum Gasteiger partial charge on any atom is 0.319 e. The average molecular weight is 271 g/mol. The fourth-order valence-corrected chi connectivity index (χ4v) is 2.69. The Morgan fingerprint density at radius 3 is 2.72 bits per heavy atom. The lowest BCUT2D eigenvalue weighted by Crippen LogP contribution is -2.39. The Morgan fingerprint density at radius 1 is 1.44 bits per heavy atom. The number of urea groups is 1. The molecule has 1 fully saturated rings. The van der Waals surface area contributed by atoms with Crippen LogP contribution < -0.4 is 10.6 Å². The number of nitrogens with two attached hydrogens (primary N) is 1. The number of benzene rings is 1.